The largest absolute Gasteiger partial charge is 0.398 e. The highest BCUT2D eigenvalue weighted by molar-refractivity contribution is 8.00. The number of carbonyl (C=O) groups excluding carboxylic acids is 1. The van der Waals surface area contributed by atoms with E-state index in [0.29, 0.717) is 22.5 Å². The molecule has 1 aliphatic rings. The predicted molar refractivity (Wildman–Crippen MR) is 86.2 cm³/mol. The highest BCUT2D eigenvalue weighted by Gasteiger charge is 2.19. The van der Waals surface area contributed by atoms with Gasteiger partial charge in [0, 0.05) is 10.9 Å². The second kappa shape index (κ2) is 7.23. The van der Waals surface area contributed by atoms with Crippen LogP contribution in [-0.4, -0.2) is 17.7 Å². The second-order valence-electron chi connectivity index (χ2n) is 5.50. The van der Waals surface area contributed by atoms with Crippen molar-refractivity contribution < 1.29 is 4.79 Å². The molecule has 0 atom stereocenters. The molecule has 0 aromatic heterocycles. The van der Waals surface area contributed by atoms with Crippen LogP contribution < -0.4 is 11.1 Å². The standard InChI is InChI=1S/C15H21ClN2OS/c1-10-2-4-11(5-3-10)18-15(19)9-20-12-6-7-14(17)13(16)8-12/h6-8,10-11H,2-5,9,17H2,1H3,(H,18,19). The molecular weight excluding hydrogens is 292 g/mol. The summed E-state index contributed by atoms with van der Waals surface area (Å²) in [6.07, 6.45) is 4.63. The first-order chi connectivity index (χ1) is 9.54. The van der Waals surface area contributed by atoms with Crippen molar-refractivity contribution in [3.63, 3.8) is 0 Å². The summed E-state index contributed by atoms with van der Waals surface area (Å²) in [5.41, 5.74) is 6.23. The molecule has 2 rings (SSSR count). The molecular formula is C15H21ClN2OS. The van der Waals surface area contributed by atoms with E-state index in [0.717, 1.165) is 23.7 Å². The van der Waals surface area contributed by atoms with Crippen LogP contribution in [0.15, 0.2) is 23.1 Å². The van der Waals surface area contributed by atoms with Gasteiger partial charge < -0.3 is 11.1 Å². The minimum Gasteiger partial charge on any atom is -0.398 e. The third kappa shape index (κ3) is 4.60. The van der Waals surface area contributed by atoms with Crippen LogP contribution in [0.4, 0.5) is 5.69 Å². The van der Waals surface area contributed by atoms with Crippen molar-refractivity contribution in [1.82, 2.24) is 5.32 Å². The zero-order chi connectivity index (χ0) is 14.5. The maximum Gasteiger partial charge on any atom is 0.230 e. The molecule has 1 aromatic rings. The van der Waals surface area contributed by atoms with Crippen molar-refractivity contribution in [2.24, 2.45) is 5.92 Å². The highest BCUT2D eigenvalue weighted by Crippen LogP contribution is 2.27. The van der Waals surface area contributed by atoms with E-state index < -0.39 is 0 Å². The first-order valence-corrected chi connectivity index (χ1v) is 8.38. The maximum absolute atomic E-state index is 11.9. The molecule has 0 heterocycles. The maximum atomic E-state index is 11.9. The van der Waals surface area contributed by atoms with Gasteiger partial charge in [-0.1, -0.05) is 18.5 Å². The molecule has 0 spiro atoms. The lowest BCUT2D eigenvalue weighted by Gasteiger charge is -2.26. The second-order valence-corrected chi connectivity index (χ2v) is 6.95. The third-order valence-electron chi connectivity index (χ3n) is 3.72. The molecule has 3 N–H and O–H groups in total. The fraction of sp³-hybridized carbons (Fsp3) is 0.533. The van der Waals surface area contributed by atoms with Crippen LogP contribution in [-0.2, 0) is 4.79 Å². The average Bonchev–Trinajstić information content (AvgIpc) is 2.43. The highest BCUT2D eigenvalue weighted by atomic mass is 35.5. The van der Waals surface area contributed by atoms with E-state index in [9.17, 15) is 4.79 Å². The van der Waals surface area contributed by atoms with Crippen LogP contribution in [0.2, 0.25) is 5.02 Å². The van der Waals surface area contributed by atoms with Crippen molar-refractivity contribution in [2.45, 2.75) is 43.5 Å². The van der Waals surface area contributed by atoms with E-state index in [2.05, 4.69) is 12.2 Å². The normalized spacial score (nSPS) is 22.5. The van der Waals surface area contributed by atoms with E-state index in [1.54, 1.807) is 12.1 Å². The number of rotatable bonds is 4. The Labute approximate surface area is 129 Å². The van der Waals surface area contributed by atoms with Gasteiger partial charge in [-0.05, 0) is 49.8 Å². The summed E-state index contributed by atoms with van der Waals surface area (Å²) in [4.78, 5) is 12.9. The smallest absolute Gasteiger partial charge is 0.230 e. The summed E-state index contributed by atoms with van der Waals surface area (Å²) in [5.74, 6) is 1.32. The van der Waals surface area contributed by atoms with Gasteiger partial charge in [0.25, 0.3) is 0 Å². The number of amides is 1. The van der Waals surface area contributed by atoms with Crippen molar-refractivity contribution in [1.29, 1.82) is 0 Å². The van der Waals surface area contributed by atoms with Gasteiger partial charge in [-0.2, -0.15) is 0 Å². The van der Waals surface area contributed by atoms with E-state index in [1.807, 2.05) is 6.07 Å². The molecule has 110 valence electrons. The molecule has 0 aliphatic heterocycles. The number of benzene rings is 1. The monoisotopic (exact) mass is 312 g/mol. The Morgan fingerprint density at radius 2 is 2.10 bits per heavy atom. The zero-order valence-electron chi connectivity index (χ0n) is 11.7. The van der Waals surface area contributed by atoms with Crippen LogP contribution in [0.25, 0.3) is 0 Å². The number of nitrogens with one attached hydrogen (secondary N) is 1. The van der Waals surface area contributed by atoms with Crippen molar-refractivity contribution in [3.8, 4) is 0 Å². The molecule has 1 fully saturated rings. The molecule has 3 nitrogen and oxygen atoms in total. The number of nitrogen functional groups attached to an aromatic ring is 1. The Kier molecular flexibility index (Phi) is 5.61. The van der Waals surface area contributed by atoms with Crippen LogP contribution in [0.1, 0.15) is 32.6 Å². The summed E-state index contributed by atoms with van der Waals surface area (Å²) in [6, 6.07) is 5.82. The first-order valence-electron chi connectivity index (χ1n) is 7.02. The van der Waals surface area contributed by atoms with Gasteiger partial charge in [0.2, 0.25) is 5.91 Å². The first kappa shape index (κ1) is 15.5. The van der Waals surface area contributed by atoms with Crippen LogP contribution in [0.3, 0.4) is 0 Å². The molecule has 0 saturated heterocycles. The van der Waals surface area contributed by atoms with Gasteiger partial charge in [-0.3, -0.25) is 4.79 Å². The summed E-state index contributed by atoms with van der Waals surface area (Å²) in [6.45, 7) is 2.28. The van der Waals surface area contributed by atoms with Gasteiger partial charge >= 0.3 is 0 Å². The van der Waals surface area contributed by atoms with Crippen molar-refractivity contribution in [3.05, 3.63) is 23.2 Å². The van der Waals surface area contributed by atoms with E-state index >= 15 is 0 Å². The predicted octanol–water partition coefficient (Wildman–Crippen LogP) is 3.71. The lowest BCUT2D eigenvalue weighted by atomic mass is 9.87. The zero-order valence-corrected chi connectivity index (χ0v) is 13.3. The third-order valence-corrected chi connectivity index (χ3v) is 5.04. The van der Waals surface area contributed by atoms with E-state index in [4.69, 9.17) is 17.3 Å². The van der Waals surface area contributed by atoms with Crippen LogP contribution in [0, 0.1) is 5.92 Å². The topological polar surface area (TPSA) is 55.1 Å². The Bertz CT molecular complexity index is 473. The number of hydrogen-bond acceptors (Lipinski definition) is 3. The molecule has 0 bridgehead atoms. The Morgan fingerprint density at radius 1 is 1.40 bits per heavy atom. The number of nitrogens with two attached hydrogens (primary N) is 1. The quantitative estimate of drug-likeness (QED) is 0.658. The number of hydrogen-bond donors (Lipinski definition) is 2. The Morgan fingerprint density at radius 3 is 2.75 bits per heavy atom. The van der Waals surface area contributed by atoms with Gasteiger partial charge in [0.15, 0.2) is 0 Å². The molecule has 5 heteroatoms. The lowest BCUT2D eigenvalue weighted by molar-refractivity contribution is -0.119. The molecule has 0 radical (unpaired) electrons. The summed E-state index contributed by atoms with van der Waals surface area (Å²) in [7, 11) is 0. The number of carbonyl (C=O) groups is 1. The number of anilines is 1. The Hall–Kier alpha value is -0.870. The van der Waals surface area contributed by atoms with E-state index in [-0.39, 0.29) is 5.91 Å². The van der Waals surface area contributed by atoms with E-state index in [1.165, 1.54) is 24.6 Å². The molecule has 20 heavy (non-hydrogen) atoms. The minimum absolute atomic E-state index is 0.0995. The molecule has 0 unspecified atom stereocenters. The van der Waals surface area contributed by atoms with Gasteiger partial charge in [0.05, 0.1) is 16.5 Å². The fourth-order valence-electron chi connectivity index (χ4n) is 2.42. The number of thioether (sulfide) groups is 1. The van der Waals surface area contributed by atoms with Crippen LogP contribution in [0.5, 0.6) is 0 Å². The molecule has 1 saturated carbocycles. The summed E-state index contributed by atoms with van der Waals surface area (Å²) >= 11 is 7.45. The van der Waals surface area contributed by atoms with Crippen LogP contribution >= 0.6 is 23.4 Å². The molecule has 1 aromatic carbocycles. The van der Waals surface area contributed by atoms with Gasteiger partial charge in [0.1, 0.15) is 0 Å². The molecule has 1 aliphatic carbocycles. The Balaban J connectivity index is 1.76. The van der Waals surface area contributed by atoms with Gasteiger partial charge in [-0.25, -0.2) is 0 Å². The van der Waals surface area contributed by atoms with Crippen molar-refractivity contribution >= 4 is 35.0 Å². The summed E-state index contributed by atoms with van der Waals surface area (Å²) in [5, 5.41) is 3.66. The lowest BCUT2D eigenvalue weighted by Crippen LogP contribution is -2.38. The summed E-state index contributed by atoms with van der Waals surface area (Å²) < 4.78 is 0. The number of halogens is 1. The van der Waals surface area contributed by atoms with Gasteiger partial charge in [-0.15, -0.1) is 11.8 Å². The SMILES string of the molecule is CC1CCC(NC(=O)CSc2ccc(N)c(Cl)c2)CC1. The molecule has 1 amide bonds. The average molecular weight is 313 g/mol. The fourth-order valence-corrected chi connectivity index (χ4v) is 3.41. The minimum atomic E-state index is 0.0995. The van der Waals surface area contributed by atoms with Crippen molar-refractivity contribution in [2.75, 3.05) is 11.5 Å².